The maximum absolute atomic E-state index is 13.1. The number of ether oxygens (including phenoxy) is 1. The van der Waals surface area contributed by atoms with Crippen molar-refractivity contribution in [2.45, 2.75) is 6.54 Å². The molecule has 4 N–H and O–H groups in total. The Morgan fingerprint density at radius 1 is 1.05 bits per heavy atom. The second-order valence-corrected chi connectivity index (χ2v) is 10.3. The predicted octanol–water partition coefficient (Wildman–Crippen LogP) is 4.57. The quantitative estimate of drug-likeness (QED) is 0.142. The van der Waals surface area contributed by atoms with E-state index in [1.807, 2.05) is 41.8 Å². The van der Waals surface area contributed by atoms with E-state index in [0.717, 1.165) is 48.0 Å². The van der Waals surface area contributed by atoms with Crippen LogP contribution in [-0.4, -0.2) is 60.1 Å². The molecular formula is C29H31N7O4S. The van der Waals surface area contributed by atoms with Crippen LogP contribution in [0.1, 0.15) is 15.2 Å². The standard InChI is InChI=1S/C29H31N7O4S/c37-29(28-26(10-18-41-28)32-19-21-9-11-30-25-4-2-1-3-24(21)25)34-23-7-5-22(6-8-23)33-27(20-36(38)39)31-12-13-35-14-16-40-17-15-35/h1-11,18,20,31-33H,12-17,19H2,(H,34,37). The smallest absolute Gasteiger partial charge is 0.274 e. The van der Waals surface area contributed by atoms with Crippen LogP contribution in [0.25, 0.3) is 10.9 Å². The Morgan fingerprint density at radius 2 is 1.80 bits per heavy atom. The molecule has 0 atom stereocenters. The summed E-state index contributed by atoms with van der Waals surface area (Å²) in [6, 6.07) is 18.9. The predicted molar refractivity (Wildman–Crippen MR) is 162 cm³/mol. The third-order valence-electron chi connectivity index (χ3n) is 6.58. The normalized spacial score (nSPS) is 14.0. The summed E-state index contributed by atoms with van der Waals surface area (Å²) in [5.41, 5.74) is 4.04. The molecule has 0 unspecified atom stereocenters. The minimum atomic E-state index is -0.498. The number of carbonyl (C=O) groups is 1. The number of hydrogen-bond acceptors (Lipinski definition) is 10. The van der Waals surface area contributed by atoms with Gasteiger partial charge in [0.1, 0.15) is 4.88 Å². The first-order valence-corrected chi connectivity index (χ1v) is 14.1. The van der Waals surface area contributed by atoms with Crippen molar-refractivity contribution >= 4 is 45.2 Å². The van der Waals surface area contributed by atoms with Crippen LogP contribution in [0.5, 0.6) is 0 Å². The molecule has 41 heavy (non-hydrogen) atoms. The Labute approximate surface area is 241 Å². The van der Waals surface area contributed by atoms with Crippen LogP contribution in [0.2, 0.25) is 0 Å². The molecule has 0 spiro atoms. The molecule has 212 valence electrons. The number of benzene rings is 2. The zero-order valence-electron chi connectivity index (χ0n) is 22.3. The van der Waals surface area contributed by atoms with Gasteiger partial charge in [-0.25, -0.2) is 0 Å². The highest BCUT2D eigenvalue weighted by atomic mass is 32.1. The van der Waals surface area contributed by atoms with E-state index in [1.165, 1.54) is 11.3 Å². The summed E-state index contributed by atoms with van der Waals surface area (Å²) in [7, 11) is 0. The molecule has 0 bridgehead atoms. The lowest BCUT2D eigenvalue weighted by atomic mass is 10.1. The largest absolute Gasteiger partial charge is 0.380 e. The van der Waals surface area contributed by atoms with Crippen LogP contribution in [0.4, 0.5) is 17.1 Å². The summed E-state index contributed by atoms with van der Waals surface area (Å²) in [5, 5.41) is 26.6. The molecular weight excluding hydrogens is 542 g/mol. The van der Waals surface area contributed by atoms with Gasteiger partial charge < -0.3 is 26.0 Å². The van der Waals surface area contributed by atoms with Crippen LogP contribution in [0, 0.1) is 10.1 Å². The average molecular weight is 574 g/mol. The Hall–Kier alpha value is -4.52. The van der Waals surface area contributed by atoms with Gasteiger partial charge in [-0.05, 0) is 53.4 Å². The van der Waals surface area contributed by atoms with E-state index in [-0.39, 0.29) is 11.7 Å². The van der Waals surface area contributed by atoms with Crippen LogP contribution >= 0.6 is 11.3 Å². The lowest BCUT2D eigenvalue weighted by molar-refractivity contribution is -0.403. The number of thiophene rings is 1. The van der Waals surface area contributed by atoms with Crippen molar-refractivity contribution < 1.29 is 14.5 Å². The number of nitro groups is 1. The highest BCUT2D eigenvalue weighted by Gasteiger charge is 2.15. The summed E-state index contributed by atoms with van der Waals surface area (Å²) in [6.07, 6.45) is 2.70. The van der Waals surface area contributed by atoms with E-state index in [0.29, 0.717) is 42.6 Å². The first-order valence-electron chi connectivity index (χ1n) is 13.3. The van der Waals surface area contributed by atoms with Gasteiger partial charge in [0.15, 0.2) is 5.82 Å². The van der Waals surface area contributed by atoms with Gasteiger partial charge in [-0.2, -0.15) is 0 Å². The number of pyridine rings is 1. The SMILES string of the molecule is O=C(Nc1ccc(NC(=C[N+](=O)[O-])NCCN2CCOCC2)cc1)c1sccc1NCc1ccnc2ccccc12. The molecule has 11 nitrogen and oxygen atoms in total. The molecule has 1 saturated heterocycles. The Morgan fingerprint density at radius 3 is 2.59 bits per heavy atom. The van der Waals surface area contributed by atoms with Crippen molar-refractivity contribution in [3.05, 3.63) is 105 Å². The number of morpholine rings is 1. The molecule has 1 aliphatic rings. The topological polar surface area (TPSA) is 134 Å². The number of para-hydroxylation sites is 1. The van der Waals surface area contributed by atoms with Gasteiger partial charge in [0.05, 0.1) is 29.3 Å². The maximum atomic E-state index is 13.1. The van der Waals surface area contributed by atoms with Gasteiger partial charge in [-0.1, -0.05) is 18.2 Å². The van der Waals surface area contributed by atoms with E-state index < -0.39 is 4.92 Å². The average Bonchev–Trinajstić information content (AvgIpc) is 3.46. The number of anilines is 3. The fourth-order valence-electron chi connectivity index (χ4n) is 4.51. The third kappa shape index (κ3) is 7.78. The molecule has 5 rings (SSSR count). The fourth-order valence-corrected chi connectivity index (χ4v) is 5.27. The monoisotopic (exact) mass is 573 g/mol. The van der Waals surface area contributed by atoms with Crippen LogP contribution in [0.3, 0.4) is 0 Å². The van der Waals surface area contributed by atoms with Gasteiger partial charge in [-0.15, -0.1) is 11.3 Å². The van der Waals surface area contributed by atoms with E-state index in [4.69, 9.17) is 4.74 Å². The zero-order chi connectivity index (χ0) is 28.4. The van der Waals surface area contributed by atoms with Gasteiger partial charge in [0.25, 0.3) is 12.1 Å². The molecule has 1 amide bonds. The van der Waals surface area contributed by atoms with Crippen molar-refractivity contribution in [2.24, 2.45) is 0 Å². The van der Waals surface area contributed by atoms with Gasteiger partial charge in [0.2, 0.25) is 0 Å². The van der Waals surface area contributed by atoms with Crippen molar-refractivity contribution in [3.8, 4) is 0 Å². The Bertz CT molecular complexity index is 1510. The Kier molecular flexibility index (Phi) is 9.37. The molecule has 0 radical (unpaired) electrons. The molecule has 0 saturated carbocycles. The van der Waals surface area contributed by atoms with Crippen LogP contribution in [-0.2, 0) is 11.3 Å². The molecule has 4 aromatic rings. The lowest BCUT2D eigenvalue weighted by Gasteiger charge is -2.26. The second kappa shape index (κ2) is 13.7. The summed E-state index contributed by atoms with van der Waals surface area (Å²) in [4.78, 5) is 30.9. The van der Waals surface area contributed by atoms with Crippen molar-refractivity contribution in [3.63, 3.8) is 0 Å². The van der Waals surface area contributed by atoms with Gasteiger partial charge >= 0.3 is 0 Å². The van der Waals surface area contributed by atoms with Gasteiger partial charge in [-0.3, -0.25) is 24.8 Å². The van der Waals surface area contributed by atoms with E-state index >= 15 is 0 Å². The van der Waals surface area contributed by atoms with Crippen LogP contribution < -0.4 is 21.3 Å². The van der Waals surface area contributed by atoms with E-state index in [2.05, 4.69) is 31.2 Å². The number of hydrogen-bond donors (Lipinski definition) is 4. The molecule has 1 aliphatic heterocycles. The van der Waals surface area contributed by atoms with Gasteiger partial charge in [0, 0.05) is 55.7 Å². The summed E-state index contributed by atoms with van der Waals surface area (Å²) in [5.74, 6) is 0.0674. The zero-order valence-corrected chi connectivity index (χ0v) is 23.2. The summed E-state index contributed by atoms with van der Waals surface area (Å²) < 4.78 is 5.35. The molecule has 2 aromatic heterocycles. The van der Waals surface area contributed by atoms with Crippen molar-refractivity contribution in [1.82, 2.24) is 15.2 Å². The molecule has 12 heteroatoms. The highest BCUT2D eigenvalue weighted by Crippen LogP contribution is 2.26. The third-order valence-corrected chi connectivity index (χ3v) is 7.50. The van der Waals surface area contributed by atoms with Crippen LogP contribution in [0.15, 0.2) is 84.3 Å². The molecule has 3 heterocycles. The first kappa shape index (κ1) is 28.0. The van der Waals surface area contributed by atoms with Crippen molar-refractivity contribution in [1.29, 1.82) is 0 Å². The number of amides is 1. The summed E-state index contributed by atoms with van der Waals surface area (Å²) >= 11 is 1.36. The lowest BCUT2D eigenvalue weighted by Crippen LogP contribution is -2.40. The fraction of sp³-hybridized carbons (Fsp3) is 0.241. The number of rotatable bonds is 12. The highest BCUT2D eigenvalue weighted by molar-refractivity contribution is 7.12. The Balaban J connectivity index is 1.16. The van der Waals surface area contributed by atoms with E-state index in [1.54, 1.807) is 30.5 Å². The molecule has 2 aromatic carbocycles. The molecule has 1 fully saturated rings. The summed E-state index contributed by atoms with van der Waals surface area (Å²) in [6.45, 7) is 4.96. The number of nitrogens with zero attached hydrogens (tertiary/aromatic N) is 3. The second-order valence-electron chi connectivity index (χ2n) is 9.37. The maximum Gasteiger partial charge on any atom is 0.274 e. The van der Waals surface area contributed by atoms with Crippen molar-refractivity contribution in [2.75, 3.05) is 55.3 Å². The number of aromatic nitrogens is 1. The minimum Gasteiger partial charge on any atom is -0.380 e. The molecule has 0 aliphatic carbocycles. The first-order chi connectivity index (χ1) is 20.0. The number of fused-ring (bicyclic) bond motifs is 1. The van der Waals surface area contributed by atoms with E-state index in [9.17, 15) is 14.9 Å². The number of nitrogens with one attached hydrogen (secondary N) is 4. The minimum absolute atomic E-state index is 0.221. The number of carbonyl (C=O) groups excluding carboxylic acids is 1.